The normalized spacial score (nSPS) is 11.4. The lowest BCUT2D eigenvalue weighted by molar-refractivity contribution is 0.0696. The zero-order valence-corrected chi connectivity index (χ0v) is 13.4. The van der Waals surface area contributed by atoms with Crippen molar-refractivity contribution in [3.8, 4) is 0 Å². The fourth-order valence-electron chi connectivity index (χ4n) is 2.50. The Morgan fingerprint density at radius 3 is 2.55 bits per heavy atom. The molecule has 0 saturated heterocycles. The molecule has 0 bridgehead atoms. The average Bonchev–Trinajstić information content (AvgIpc) is 2.47. The van der Waals surface area contributed by atoms with Crippen LogP contribution in [0.2, 0.25) is 0 Å². The number of aromatic carboxylic acids is 1. The van der Waals surface area contributed by atoms with Gasteiger partial charge in [0.25, 0.3) is 0 Å². The largest absolute Gasteiger partial charge is 0.478 e. The maximum atomic E-state index is 11.0. The highest BCUT2D eigenvalue weighted by Gasteiger charge is 2.20. The van der Waals surface area contributed by atoms with E-state index in [1.165, 1.54) is 11.1 Å². The predicted octanol–water partition coefficient (Wildman–Crippen LogP) is 3.76. The van der Waals surface area contributed by atoms with Crippen LogP contribution < -0.4 is 5.32 Å². The van der Waals surface area contributed by atoms with Crippen LogP contribution in [0.3, 0.4) is 0 Å². The molecule has 0 unspecified atom stereocenters. The molecule has 0 heterocycles. The predicted molar refractivity (Wildman–Crippen MR) is 89.3 cm³/mol. The number of hydrogen-bond donors (Lipinski definition) is 2. The lowest BCUT2D eigenvalue weighted by atomic mass is 9.84. The van der Waals surface area contributed by atoms with Crippen LogP contribution in [0.25, 0.3) is 0 Å². The van der Waals surface area contributed by atoms with E-state index in [1.54, 1.807) is 18.2 Å². The molecule has 3 heteroatoms. The van der Waals surface area contributed by atoms with Crippen LogP contribution in [-0.4, -0.2) is 17.6 Å². The third-order valence-corrected chi connectivity index (χ3v) is 3.87. The van der Waals surface area contributed by atoms with Gasteiger partial charge in [-0.2, -0.15) is 0 Å². The second-order valence-electron chi connectivity index (χ2n) is 6.36. The minimum Gasteiger partial charge on any atom is -0.478 e. The van der Waals surface area contributed by atoms with E-state index in [1.807, 2.05) is 6.07 Å². The number of benzene rings is 2. The number of nitrogens with one attached hydrogen (secondary N) is 1. The molecule has 0 radical (unpaired) electrons. The van der Waals surface area contributed by atoms with Gasteiger partial charge in [0.05, 0.1) is 5.56 Å². The Morgan fingerprint density at radius 1 is 1.14 bits per heavy atom. The summed E-state index contributed by atoms with van der Waals surface area (Å²) in [6.07, 6.45) is 0. The lowest BCUT2D eigenvalue weighted by Gasteiger charge is -2.26. The van der Waals surface area contributed by atoms with E-state index < -0.39 is 5.97 Å². The van der Waals surface area contributed by atoms with Crippen molar-refractivity contribution in [3.63, 3.8) is 0 Å². The SMILES string of the molecule is Cc1cccc(C(C)(C)CNCc2cccc(C(=O)O)c2)c1. The Kier molecular flexibility index (Phi) is 4.99. The molecule has 2 aromatic carbocycles. The number of carboxylic acid groups (broad SMARTS) is 1. The van der Waals surface area contributed by atoms with Gasteiger partial charge in [0, 0.05) is 18.5 Å². The first-order valence-electron chi connectivity index (χ1n) is 7.48. The van der Waals surface area contributed by atoms with Gasteiger partial charge in [-0.1, -0.05) is 55.8 Å². The van der Waals surface area contributed by atoms with Gasteiger partial charge in [-0.25, -0.2) is 4.79 Å². The van der Waals surface area contributed by atoms with Crippen molar-refractivity contribution in [1.29, 1.82) is 0 Å². The number of carbonyl (C=O) groups is 1. The third kappa shape index (κ3) is 4.18. The molecule has 2 rings (SSSR count). The van der Waals surface area contributed by atoms with Gasteiger partial charge in [-0.05, 0) is 30.2 Å². The van der Waals surface area contributed by atoms with E-state index in [0.717, 1.165) is 12.1 Å². The Hall–Kier alpha value is -2.13. The van der Waals surface area contributed by atoms with E-state index in [0.29, 0.717) is 12.1 Å². The molecular formula is C19H23NO2. The summed E-state index contributed by atoms with van der Waals surface area (Å²) in [6.45, 7) is 8.01. The highest BCUT2D eigenvalue weighted by Crippen LogP contribution is 2.23. The number of carboxylic acids is 1. The summed E-state index contributed by atoms with van der Waals surface area (Å²) in [7, 11) is 0. The molecule has 22 heavy (non-hydrogen) atoms. The van der Waals surface area contributed by atoms with Crippen molar-refractivity contribution in [1.82, 2.24) is 5.32 Å². The summed E-state index contributed by atoms with van der Waals surface area (Å²) in [5, 5.41) is 12.5. The van der Waals surface area contributed by atoms with Crippen LogP contribution in [-0.2, 0) is 12.0 Å². The third-order valence-electron chi connectivity index (χ3n) is 3.87. The number of hydrogen-bond acceptors (Lipinski definition) is 2. The number of aryl methyl sites for hydroxylation is 1. The highest BCUT2D eigenvalue weighted by atomic mass is 16.4. The minimum absolute atomic E-state index is 0.0242. The fourth-order valence-corrected chi connectivity index (χ4v) is 2.50. The summed E-state index contributed by atoms with van der Waals surface area (Å²) < 4.78 is 0. The quantitative estimate of drug-likeness (QED) is 0.853. The van der Waals surface area contributed by atoms with Crippen LogP contribution in [0.1, 0.15) is 40.9 Å². The smallest absolute Gasteiger partial charge is 0.335 e. The molecule has 0 saturated carbocycles. The average molecular weight is 297 g/mol. The lowest BCUT2D eigenvalue weighted by Crippen LogP contribution is -2.32. The Labute approximate surface area is 132 Å². The second kappa shape index (κ2) is 6.75. The highest BCUT2D eigenvalue weighted by molar-refractivity contribution is 5.87. The van der Waals surface area contributed by atoms with Crippen molar-refractivity contribution >= 4 is 5.97 Å². The van der Waals surface area contributed by atoms with Crippen LogP contribution in [0.15, 0.2) is 48.5 Å². The molecule has 0 aliphatic heterocycles. The molecule has 2 aromatic rings. The van der Waals surface area contributed by atoms with Gasteiger partial charge < -0.3 is 10.4 Å². The first-order chi connectivity index (χ1) is 10.4. The van der Waals surface area contributed by atoms with E-state index in [4.69, 9.17) is 5.11 Å². The summed E-state index contributed by atoms with van der Waals surface area (Å²) >= 11 is 0. The summed E-state index contributed by atoms with van der Waals surface area (Å²) in [6, 6.07) is 15.6. The van der Waals surface area contributed by atoms with Gasteiger partial charge in [0.2, 0.25) is 0 Å². The van der Waals surface area contributed by atoms with Crippen molar-refractivity contribution in [3.05, 3.63) is 70.8 Å². The van der Waals surface area contributed by atoms with Crippen LogP contribution in [0.5, 0.6) is 0 Å². The molecule has 0 aliphatic carbocycles. The first-order valence-corrected chi connectivity index (χ1v) is 7.48. The maximum absolute atomic E-state index is 11.0. The summed E-state index contributed by atoms with van der Waals surface area (Å²) in [5.74, 6) is -0.887. The molecular weight excluding hydrogens is 274 g/mol. The van der Waals surface area contributed by atoms with Crippen molar-refractivity contribution < 1.29 is 9.90 Å². The zero-order chi connectivity index (χ0) is 16.2. The fraction of sp³-hybridized carbons (Fsp3) is 0.316. The molecule has 0 aromatic heterocycles. The standard InChI is InChI=1S/C19H23NO2/c1-14-6-4-9-17(10-14)19(2,3)13-20-12-15-7-5-8-16(11-15)18(21)22/h4-11,20H,12-13H2,1-3H3,(H,21,22). The first kappa shape index (κ1) is 16.2. The summed E-state index contributed by atoms with van der Waals surface area (Å²) in [4.78, 5) is 11.0. The van der Waals surface area contributed by atoms with Crippen LogP contribution in [0, 0.1) is 6.92 Å². The van der Waals surface area contributed by atoms with Crippen molar-refractivity contribution in [2.75, 3.05) is 6.54 Å². The van der Waals surface area contributed by atoms with Gasteiger partial charge in [-0.3, -0.25) is 0 Å². The number of rotatable bonds is 6. The Bertz CT molecular complexity index is 662. The van der Waals surface area contributed by atoms with Crippen LogP contribution in [0.4, 0.5) is 0 Å². The zero-order valence-electron chi connectivity index (χ0n) is 13.4. The van der Waals surface area contributed by atoms with E-state index in [-0.39, 0.29) is 5.41 Å². The molecule has 0 spiro atoms. The van der Waals surface area contributed by atoms with Gasteiger partial charge >= 0.3 is 5.97 Å². The molecule has 2 N–H and O–H groups in total. The van der Waals surface area contributed by atoms with Gasteiger partial charge in [-0.15, -0.1) is 0 Å². The van der Waals surface area contributed by atoms with Crippen LogP contribution >= 0.6 is 0 Å². The van der Waals surface area contributed by atoms with Crippen molar-refractivity contribution in [2.45, 2.75) is 32.7 Å². The minimum atomic E-state index is -0.887. The van der Waals surface area contributed by atoms with E-state index in [2.05, 4.69) is 50.4 Å². The molecule has 116 valence electrons. The summed E-state index contributed by atoms with van der Waals surface area (Å²) in [5.41, 5.74) is 3.91. The molecule has 0 aliphatic rings. The second-order valence-corrected chi connectivity index (χ2v) is 6.36. The monoisotopic (exact) mass is 297 g/mol. The van der Waals surface area contributed by atoms with Gasteiger partial charge in [0.15, 0.2) is 0 Å². The molecule has 3 nitrogen and oxygen atoms in total. The molecule has 0 atom stereocenters. The van der Waals surface area contributed by atoms with Gasteiger partial charge in [0.1, 0.15) is 0 Å². The molecule has 0 amide bonds. The maximum Gasteiger partial charge on any atom is 0.335 e. The van der Waals surface area contributed by atoms with E-state index >= 15 is 0 Å². The Balaban J connectivity index is 1.98. The topological polar surface area (TPSA) is 49.3 Å². The van der Waals surface area contributed by atoms with Crippen molar-refractivity contribution in [2.24, 2.45) is 0 Å². The Morgan fingerprint density at radius 2 is 1.86 bits per heavy atom. The van der Waals surface area contributed by atoms with E-state index in [9.17, 15) is 4.79 Å². The molecule has 0 fully saturated rings.